The van der Waals surface area contributed by atoms with Gasteiger partial charge in [-0.05, 0) is 36.4 Å². The molecule has 3 aromatic rings. The molecule has 3 rings (SSSR count). The smallest absolute Gasteiger partial charge is 0.465 e. The fourth-order valence-electron chi connectivity index (χ4n) is 2.48. The van der Waals surface area contributed by atoms with Gasteiger partial charge >= 0.3 is 12.3 Å². The summed E-state index contributed by atoms with van der Waals surface area (Å²) in [6.45, 7) is 0. The summed E-state index contributed by atoms with van der Waals surface area (Å²) >= 11 is 0. The van der Waals surface area contributed by atoms with E-state index in [-0.39, 0.29) is 28.6 Å². The lowest BCUT2D eigenvalue weighted by Gasteiger charge is -2.14. The molecule has 0 spiro atoms. The van der Waals surface area contributed by atoms with Gasteiger partial charge in [-0.15, -0.1) is 13.2 Å². The van der Waals surface area contributed by atoms with Crippen molar-refractivity contribution >= 4 is 34.7 Å². The summed E-state index contributed by atoms with van der Waals surface area (Å²) in [4.78, 5) is 20.0. The number of nitrogens with two attached hydrogens (primary N) is 1. The Balaban J connectivity index is 1.80. The lowest BCUT2D eigenvalue weighted by molar-refractivity contribution is -0.274. The molecular formula is C19H16F3N5O3. The highest BCUT2D eigenvalue weighted by Crippen LogP contribution is 2.30. The Labute approximate surface area is 168 Å². The van der Waals surface area contributed by atoms with Crippen LogP contribution in [-0.2, 0) is 4.74 Å². The van der Waals surface area contributed by atoms with Gasteiger partial charge in [-0.1, -0.05) is 12.1 Å². The molecular weight excluding hydrogens is 403 g/mol. The van der Waals surface area contributed by atoms with Gasteiger partial charge in [-0.25, -0.2) is 14.8 Å². The zero-order valence-corrected chi connectivity index (χ0v) is 15.5. The van der Waals surface area contributed by atoms with Gasteiger partial charge in [0.2, 0.25) is 0 Å². The number of nitrogens with one attached hydrogen (secondary N) is 2. The van der Waals surface area contributed by atoms with Gasteiger partial charge in [0.15, 0.2) is 11.6 Å². The highest BCUT2D eigenvalue weighted by molar-refractivity contribution is 5.97. The summed E-state index contributed by atoms with van der Waals surface area (Å²) in [5.74, 6) is -0.454. The zero-order chi connectivity index (χ0) is 21.7. The summed E-state index contributed by atoms with van der Waals surface area (Å²) in [5, 5.41) is 5.85. The first-order valence-corrected chi connectivity index (χ1v) is 8.44. The molecule has 11 heteroatoms. The van der Waals surface area contributed by atoms with Crippen LogP contribution < -0.4 is 21.1 Å². The molecule has 30 heavy (non-hydrogen) atoms. The van der Waals surface area contributed by atoms with E-state index in [0.29, 0.717) is 11.4 Å². The molecule has 0 bridgehead atoms. The summed E-state index contributed by atoms with van der Waals surface area (Å²) in [6, 6.07) is 11.7. The van der Waals surface area contributed by atoms with Crippen molar-refractivity contribution in [1.82, 2.24) is 9.97 Å². The van der Waals surface area contributed by atoms with Gasteiger partial charge in [-0.3, -0.25) is 0 Å². The van der Waals surface area contributed by atoms with Gasteiger partial charge in [0.05, 0.1) is 18.4 Å². The van der Waals surface area contributed by atoms with Crippen molar-refractivity contribution in [3.8, 4) is 5.75 Å². The second-order valence-electron chi connectivity index (χ2n) is 5.84. The Bertz CT molecular complexity index is 1040. The Hall–Kier alpha value is -4.02. The first-order valence-electron chi connectivity index (χ1n) is 8.44. The summed E-state index contributed by atoms with van der Waals surface area (Å²) in [7, 11) is 1.27. The number of halogens is 3. The average Bonchev–Trinajstić information content (AvgIpc) is 2.71. The van der Waals surface area contributed by atoms with Crippen molar-refractivity contribution in [3.63, 3.8) is 0 Å². The number of hydrogen-bond acceptors (Lipinski definition) is 8. The number of rotatable bonds is 6. The normalized spacial score (nSPS) is 10.9. The van der Waals surface area contributed by atoms with E-state index >= 15 is 0 Å². The van der Waals surface area contributed by atoms with Crippen LogP contribution in [0.25, 0.3) is 0 Å². The maximum absolute atomic E-state index is 12.3. The summed E-state index contributed by atoms with van der Waals surface area (Å²) in [6.07, 6.45) is -3.53. The molecule has 0 saturated carbocycles. The molecule has 8 nitrogen and oxygen atoms in total. The topological polar surface area (TPSA) is 111 Å². The van der Waals surface area contributed by atoms with E-state index in [9.17, 15) is 18.0 Å². The maximum atomic E-state index is 12.3. The van der Waals surface area contributed by atoms with Crippen molar-refractivity contribution in [3.05, 3.63) is 60.4 Å². The summed E-state index contributed by atoms with van der Waals surface area (Å²) in [5.41, 5.74) is 7.38. The summed E-state index contributed by atoms with van der Waals surface area (Å²) < 4.78 is 45.4. The largest absolute Gasteiger partial charge is 0.573 e. The number of para-hydroxylation sites is 1. The predicted molar refractivity (Wildman–Crippen MR) is 104 cm³/mol. The minimum absolute atomic E-state index is 0.132. The van der Waals surface area contributed by atoms with E-state index in [1.807, 2.05) is 0 Å². The second kappa shape index (κ2) is 8.55. The minimum atomic E-state index is -4.77. The number of carbonyl (C=O) groups is 1. The first kappa shape index (κ1) is 20.7. The Morgan fingerprint density at radius 2 is 1.63 bits per heavy atom. The molecule has 0 atom stereocenters. The predicted octanol–water partition coefficient (Wildman–Crippen LogP) is 4.23. The molecule has 0 aliphatic rings. The molecule has 0 radical (unpaired) electrons. The molecule has 4 N–H and O–H groups in total. The van der Waals surface area contributed by atoms with Crippen LogP contribution in [0.1, 0.15) is 10.4 Å². The zero-order valence-electron chi connectivity index (χ0n) is 15.5. The van der Waals surface area contributed by atoms with E-state index in [4.69, 9.17) is 10.5 Å². The third kappa shape index (κ3) is 5.07. The molecule has 0 saturated heterocycles. The number of alkyl halides is 3. The lowest BCUT2D eigenvalue weighted by Crippen LogP contribution is -2.17. The Morgan fingerprint density at radius 3 is 2.27 bits per heavy atom. The SMILES string of the molecule is COC(=O)c1ccccc1Nc1ncnc(Nc2ccc(OC(F)(F)F)cc2)c1N. The van der Waals surface area contributed by atoms with Crippen molar-refractivity contribution in [1.29, 1.82) is 0 Å². The molecule has 156 valence electrons. The quantitative estimate of drug-likeness (QED) is 0.509. The fourth-order valence-corrected chi connectivity index (χ4v) is 2.48. The van der Waals surface area contributed by atoms with Crippen LogP contribution in [0, 0.1) is 0 Å². The van der Waals surface area contributed by atoms with Gasteiger partial charge in [0, 0.05) is 5.69 Å². The number of esters is 1. The number of nitrogen functional groups attached to an aromatic ring is 1. The van der Waals surface area contributed by atoms with Gasteiger partial charge in [-0.2, -0.15) is 0 Å². The fraction of sp³-hybridized carbons (Fsp3) is 0.105. The van der Waals surface area contributed by atoms with Crippen molar-refractivity contribution in [2.24, 2.45) is 0 Å². The minimum Gasteiger partial charge on any atom is -0.465 e. The number of nitrogens with zero attached hydrogens (tertiary/aromatic N) is 2. The standard InChI is InChI=1S/C19H16F3N5O3/c1-29-18(28)13-4-2-3-5-14(13)27-17-15(23)16(24-10-25-17)26-11-6-8-12(9-7-11)30-19(20,21)22/h2-10H,23H2,1H3,(H2,24,25,26,27). The maximum Gasteiger partial charge on any atom is 0.573 e. The van der Waals surface area contributed by atoms with Crippen molar-refractivity contribution in [2.45, 2.75) is 6.36 Å². The van der Waals surface area contributed by atoms with Crippen LogP contribution in [-0.4, -0.2) is 29.4 Å². The molecule has 1 heterocycles. The number of benzene rings is 2. The molecule has 0 unspecified atom stereocenters. The van der Waals surface area contributed by atoms with Gasteiger partial charge < -0.3 is 25.8 Å². The third-order valence-electron chi connectivity index (χ3n) is 3.82. The lowest BCUT2D eigenvalue weighted by atomic mass is 10.2. The number of methoxy groups -OCH3 is 1. The van der Waals surface area contributed by atoms with E-state index in [1.54, 1.807) is 24.3 Å². The van der Waals surface area contributed by atoms with Crippen LogP contribution in [0.4, 0.5) is 41.9 Å². The Kier molecular flexibility index (Phi) is 5.90. The van der Waals surface area contributed by atoms with E-state index in [2.05, 4.69) is 25.3 Å². The van der Waals surface area contributed by atoms with Crippen LogP contribution in [0.15, 0.2) is 54.9 Å². The molecule has 0 aliphatic carbocycles. The number of anilines is 5. The van der Waals surface area contributed by atoms with E-state index in [0.717, 1.165) is 12.1 Å². The monoisotopic (exact) mass is 419 g/mol. The molecule has 2 aromatic carbocycles. The third-order valence-corrected chi connectivity index (χ3v) is 3.82. The average molecular weight is 419 g/mol. The van der Waals surface area contributed by atoms with Crippen LogP contribution >= 0.6 is 0 Å². The molecule has 0 fully saturated rings. The van der Waals surface area contributed by atoms with E-state index in [1.165, 1.54) is 25.6 Å². The van der Waals surface area contributed by atoms with Crippen LogP contribution in [0.3, 0.4) is 0 Å². The van der Waals surface area contributed by atoms with Crippen molar-refractivity contribution in [2.75, 3.05) is 23.5 Å². The van der Waals surface area contributed by atoms with Gasteiger partial charge in [0.1, 0.15) is 17.8 Å². The second-order valence-corrected chi connectivity index (χ2v) is 5.84. The van der Waals surface area contributed by atoms with Crippen molar-refractivity contribution < 1.29 is 27.4 Å². The number of ether oxygens (including phenoxy) is 2. The number of carbonyl (C=O) groups excluding carboxylic acids is 1. The highest BCUT2D eigenvalue weighted by atomic mass is 19.4. The first-order chi connectivity index (χ1) is 14.3. The molecule has 0 amide bonds. The Morgan fingerprint density at radius 1 is 1.00 bits per heavy atom. The van der Waals surface area contributed by atoms with E-state index < -0.39 is 12.3 Å². The highest BCUT2D eigenvalue weighted by Gasteiger charge is 2.31. The number of aromatic nitrogens is 2. The number of hydrogen-bond donors (Lipinski definition) is 3. The molecule has 0 aliphatic heterocycles. The van der Waals surface area contributed by atoms with Crippen LogP contribution in [0.5, 0.6) is 5.75 Å². The molecule has 1 aromatic heterocycles. The van der Waals surface area contributed by atoms with Gasteiger partial charge in [0.25, 0.3) is 0 Å². The van der Waals surface area contributed by atoms with Crippen LogP contribution in [0.2, 0.25) is 0 Å².